The van der Waals surface area contributed by atoms with E-state index in [1.807, 2.05) is 0 Å². The first-order valence-corrected chi connectivity index (χ1v) is 5.78. The van der Waals surface area contributed by atoms with Gasteiger partial charge in [0.1, 0.15) is 0 Å². The molecule has 0 aliphatic heterocycles. The van der Waals surface area contributed by atoms with Crippen molar-refractivity contribution in [3.63, 3.8) is 0 Å². The first kappa shape index (κ1) is 13.1. The predicted molar refractivity (Wildman–Crippen MR) is 66.3 cm³/mol. The fourth-order valence-electron chi connectivity index (χ4n) is 1.13. The van der Waals surface area contributed by atoms with Crippen molar-refractivity contribution < 1.29 is 9.53 Å². The maximum absolute atomic E-state index is 10.9. The summed E-state index contributed by atoms with van der Waals surface area (Å²) in [6, 6.07) is 5.08. The van der Waals surface area contributed by atoms with Gasteiger partial charge in [0.05, 0.1) is 26.7 Å². The van der Waals surface area contributed by atoms with Crippen LogP contribution in [0.5, 0.6) is 0 Å². The molecule has 0 fully saturated rings. The minimum absolute atomic E-state index is 0.249. The van der Waals surface area contributed by atoms with Gasteiger partial charge in [0.25, 0.3) is 0 Å². The Kier molecular flexibility index (Phi) is 5.06. The lowest BCUT2D eigenvalue weighted by molar-refractivity contribution is -0.140. The normalized spacial score (nSPS) is 9.12. The van der Waals surface area contributed by atoms with E-state index in [1.54, 1.807) is 18.2 Å². The summed E-state index contributed by atoms with van der Waals surface area (Å²) in [5.41, 5.74) is 0.709. The molecule has 0 heterocycles. The molecule has 0 aliphatic rings. The Bertz CT molecular complexity index is 500. The largest absolute Gasteiger partial charge is 0.469 e. The van der Waals surface area contributed by atoms with Crippen LogP contribution in [0.4, 0.5) is 11.4 Å². The van der Waals surface area contributed by atoms with Gasteiger partial charge in [-0.3, -0.25) is 14.5 Å². The van der Waals surface area contributed by atoms with E-state index < -0.39 is 0 Å². The summed E-state index contributed by atoms with van der Waals surface area (Å²) in [5.74, 6) is 0.349. The second-order valence-electron chi connectivity index (χ2n) is 3.05. The average molecular weight is 246 g/mol. The first-order valence-electron chi connectivity index (χ1n) is 4.80. The lowest BCUT2D eigenvalue weighted by Crippen LogP contribution is -2.00. The lowest BCUT2D eigenvalue weighted by Gasteiger charge is -2.02. The van der Waals surface area contributed by atoms with E-state index in [0.29, 0.717) is 23.5 Å². The van der Waals surface area contributed by atoms with E-state index in [4.69, 9.17) is 13.1 Å². The highest BCUT2D eigenvalue weighted by atomic mass is 32.2. The molecular weight excluding hydrogens is 236 g/mol. The molecule has 0 radical (unpaired) electrons. The summed E-state index contributed by atoms with van der Waals surface area (Å²) in [7, 11) is 1.36. The van der Waals surface area contributed by atoms with Crippen molar-refractivity contribution in [1.29, 1.82) is 0 Å². The second-order valence-corrected chi connectivity index (χ2v) is 4.22. The van der Waals surface area contributed by atoms with Gasteiger partial charge in [-0.25, -0.2) is 0 Å². The Morgan fingerprint density at radius 1 is 1.35 bits per heavy atom. The van der Waals surface area contributed by atoms with Crippen LogP contribution in [0.15, 0.2) is 23.1 Å². The summed E-state index contributed by atoms with van der Waals surface area (Å²) >= 11 is 1.47. The zero-order chi connectivity index (χ0) is 12.7. The molecule has 0 unspecified atom stereocenters. The summed E-state index contributed by atoms with van der Waals surface area (Å²) in [5, 5.41) is 0. The van der Waals surface area contributed by atoms with Crippen LogP contribution in [0, 0.1) is 13.1 Å². The average Bonchev–Trinajstić information content (AvgIpc) is 2.38. The molecule has 0 N–H and O–H groups in total. The topological polar surface area (TPSA) is 35.0 Å². The van der Waals surface area contributed by atoms with Gasteiger partial charge in [0.15, 0.2) is 11.4 Å². The Labute approximate surface area is 104 Å². The van der Waals surface area contributed by atoms with Gasteiger partial charge in [-0.2, -0.15) is 0 Å². The van der Waals surface area contributed by atoms with Crippen molar-refractivity contribution in [2.24, 2.45) is 0 Å². The van der Waals surface area contributed by atoms with Gasteiger partial charge in [-0.15, -0.1) is 11.8 Å². The van der Waals surface area contributed by atoms with Gasteiger partial charge >= 0.3 is 5.97 Å². The van der Waals surface area contributed by atoms with Crippen LogP contribution < -0.4 is 0 Å². The highest BCUT2D eigenvalue weighted by Gasteiger charge is 2.05. The van der Waals surface area contributed by atoms with E-state index >= 15 is 0 Å². The fourth-order valence-corrected chi connectivity index (χ4v) is 2.00. The summed E-state index contributed by atoms with van der Waals surface area (Å²) in [6.07, 6.45) is 0.332. The van der Waals surface area contributed by atoms with Crippen LogP contribution in [0.2, 0.25) is 0 Å². The minimum Gasteiger partial charge on any atom is -0.469 e. The van der Waals surface area contributed by atoms with Crippen molar-refractivity contribution in [2.45, 2.75) is 11.3 Å². The van der Waals surface area contributed by atoms with Crippen LogP contribution in [0.1, 0.15) is 6.42 Å². The van der Waals surface area contributed by atoms with E-state index in [2.05, 4.69) is 14.4 Å². The standard InChI is InChI=1S/C12H10N2O2S/c1-13-10-5-4-9(8-11(10)14-2)17-7-6-12(15)16-3/h4-5,8H,6-7H2,3H3. The highest BCUT2D eigenvalue weighted by molar-refractivity contribution is 7.99. The number of methoxy groups -OCH3 is 1. The minimum atomic E-state index is -0.249. The zero-order valence-corrected chi connectivity index (χ0v) is 10.1. The maximum Gasteiger partial charge on any atom is 0.306 e. The maximum atomic E-state index is 10.9. The number of hydrogen-bond donors (Lipinski definition) is 0. The van der Waals surface area contributed by atoms with Crippen LogP contribution in [-0.2, 0) is 9.53 Å². The number of hydrogen-bond acceptors (Lipinski definition) is 3. The summed E-state index contributed by atoms with van der Waals surface area (Å²) < 4.78 is 4.53. The Morgan fingerprint density at radius 3 is 2.65 bits per heavy atom. The van der Waals surface area contributed by atoms with Gasteiger partial charge in [0, 0.05) is 5.75 Å². The zero-order valence-electron chi connectivity index (χ0n) is 9.27. The Hall–Kier alpha value is -1.98. The number of carbonyl (C=O) groups excluding carboxylic acids is 1. The van der Waals surface area contributed by atoms with Crippen molar-refractivity contribution >= 4 is 29.1 Å². The van der Waals surface area contributed by atoms with Crippen molar-refractivity contribution in [3.8, 4) is 0 Å². The molecule has 0 spiro atoms. The number of esters is 1. The molecular formula is C12H10N2O2S. The molecule has 4 nitrogen and oxygen atoms in total. The number of nitrogens with zero attached hydrogens (tertiary/aromatic N) is 2. The molecule has 0 bridgehead atoms. The summed E-state index contributed by atoms with van der Waals surface area (Å²) in [6.45, 7) is 13.8. The Balaban J connectivity index is 2.65. The predicted octanol–water partition coefficient (Wildman–Crippen LogP) is 3.44. The number of benzene rings is 1. The third-order valence-electron chi connectivity index (χ3n) is 1.99. The van der Waals surface area contributed by atoms with Crippen LogP contribution in [0.25, 0.3) is 9.69 Å². The highest BCUT2D eigenvalue weighted by Crippen LogP contribution is 2.32. The van der Waals surface area contributed by atoms with Gasteiger partial charge in [0.2, 0.25) is 0 Å². The molecule has 0 aromatic heterocycles. The molecule has 86 valence electrons. The van der Waals surface area contributed by atoms with E-state index in [-0.39, 0.29) is 5.97 Å². The molecule has 0 amide bonds. The van der Waals surface area contributed by atoms with Crippen molar-refractivity contribution in [3.05, 3.63) is 41.0 Å². The molecule has 0 saturated carbocycles. The van der Waals surface area contributed by atoms with Crippen LogP contribution in [0.3, 0.4) is 0 Å². The monoisotopic (exact) mass is 246 g/mol. The number of ether oxygens (including phenoxy) is 1. The molecule has 17 heavy (non-hydrogen) atoms. The Morgan fingerprint density at radius 2 is 2.06 bits per heavy atom. The molecule has 5 heteroatoms. The quantitative estimate of drug-likeness (QED) is 0.463. The van der Waals surface area contributed by atoms with Gasteiger partial charge in [-0.1, -0.05) is 18.2 Å². The van der Waals surface area contributed by atoms with E-state index in [1.165, 1.54) is 18.9 Å². The molecule has 1 rings (SSSR count). The van der Waals surface area contributed by atoms with Gasteiger partial charge in [-0.05, 0) is 4.90 Å². The third-order valence-corrected chi connectivity index (χ3v) is 2.99. The second kappa shape index (κ2) is 6.57. The molecule has 0 aliphatic carbocycles. The molecule has 0 atom stereocenters. The number of rotatable bonds is 4. The summed E-state index contributed by atoms with van der Waals surface area (Å²) in [4.78, 5) is 18.3. The smallest absolute Gasteiger partial charge is 0.306 e. The number of thioether (sulfide) groups is 1. The van der Waals surface area contributed by atoms with Crippen LogP contribution in [-0.4, -0.2) is 18.8 Å². The molecule has 1 aromatic rings. The van der Waals surface area contributed by atoms with E-state index in [9.17, 15) is 4.79 Å². The van der Waals surface area contributed by atoms with E-state index in [0.717, 1.165) is 4.90 Å². The molecule has 0 saturated heterocycles. The first-order chi connectivity index (χ1) is 8.21. The molecule has 1 aromatic carbocycles. The van der Waals surface area contributed by atoms with Crippen molar-refractivity contribution in [1.82, 2.24) is 0 Å². The SMILES string of the molecule is [C-]#[N+]c1ccc(SCCC(=O)OC)cc1[N+]#[C-]. The third kappa shape index (κ3) is 3.82. The lowest BCUT2D eigenvalue weighted by atomic mass is 10.3. The van der Waals surface area contributed by atoms with Crippen molar-refractivity contribution in [2.75, 3.05) is 12.9 Å². The fraction of sp³-hybridized carbons (Fsp3) is 0.250. The number of carbonyl (C=O) groups is 1. The van der Waals surface area contributed by atoms with Crippen LogP contribution >= 0.6 is 11.8 Å². The van der Waals surface area contributed by atoms with Gasteiger partial charge < -0.3 is 4.74 Å².